The van der Waals surface area contributed by atoms with E-state index in [-0.39, 0.29) is 0 Å². The minimum absolute atomic E-state index is 0.327. The van der Waals surface area contributed by atoms with Crippen molar-refractivity contribution >= 4 is 38.1 Å². The van der Waals surface area contributed by atoms with Crippen molar-refractivity contribution in [2.24, 2.45) is 5.92 Å². The van der Waals surface area contributed by atoms with E-state index in [0.717, 1.165) is 22.6 Å². The van der Waals surface area contributed by atoms with Crippen molar-refractivity contribution in [3.05, 3.63) is 63.9 Å². The van der Waals surface area contributed by atoms with Gasteiger partial charge in [-0.1, -0.05) is 39.7 Å². The van der Waals surface area contributed by atoms with Gasteiger partial charge in [0, 0.05) is 27.2 Å². The summed E-state index contributed by atoms with van der Waals surface area (Å²) in [5.74, 6) is 0.940. The maximum absolute atomic E-state index is 6.27. The molecule has 0 saturated carbocycles. The van der Waals surface area contributed by atoms with Gasteiger partial charge in [-0.05, 0) is 74.3 Å². The standard InChI is InChI=1S/C20H20BrClN2/c1-24-9-6-13(7-10-24)19-16-5-4-15(22)11-14(16)12-18(21)17-3-2-8-23-20(17)19/h2-5,8,11-13,19H,6-7,9-10H2,1H3. The van der Waals surface area contributed by atoms with Gasteiger partial charge in [0.2, 0.25) is 0 Å². The lowest BCUT2D eigenvalue weighted by Crippen LogP contribution is -2.33. The molecule has 24 heavy (non-hydrogen) atoms. The number of piperidine rings is 1. The van der Waals surface area contributed by atoms with Crippen LogP contribution < -0.4 is 0 Å². The first-order chi connectivity index (χ1) is 11.6. The first-order valence-electron chi connectivity index (χ1n) is 8.44. The van der Waals surface area contributed by atoms with Gasteiger partial charge in [-0.25, -0.2) is 0 Å². The Kier molecular flexibility index (Phi) is 4.50. The van der Waals surface area contributed by atoms with E-state index in [2.05, 4.69) is 52.2 Å². The van der Waals surface area contributed by atoms with Gasteiger partial charge in [0.05, 0.1) is 5.69 Å². The van der Waals surface area contributed by atoms with Crippen LogP contribution in [0.15, 0.2) is 36.5 Å². The number of pyridine rings is 1. The number of likely N-dealkylation sites (tertiary alicyclic amines) is 1. The number of aromatic nitrogens is 1. The average Bonchev–Trinajstić information content (AvgIpc) is 2.70. The zero-order valence-corrected chi connectivity index (χ0v) is 16.0. The number of rotatable bonds is 1. The summed E-state index contributed by atoms with van der Waals surface area (Å²) >= 11 is 10.0. The largest absolute Gasteiger partial charge is 0.306 e. The second-order valence-corrected chi connectivity index (χ2v) is 8.11. The van der Waals surface area contributed by atoms with Gasteiger partial charge >= 0.3 is 0 Å². The van der Waals surface area contributed by atoms with Gasteiger partial charge in [0.25, 0.3) is 0 Å². The number of fused-ring (bicyclic) bond motifs is 2. The maximum Gasteiger partial charge on any atom is 0.0564 e. The average molecular weight is 404 g/mol. The normalized spacial score (nSPS) is 21.6. The summed E-state index contributed by atoms with van der Waals surface area (Å²) in [5.41, 5.74) is 4.95. The molecule has 1 aromatic heterocycles. The summed E-state index contributed by atoms with van der Waals surface area (Å²) in [5, 5.41) is 0.784. The van der Waals surface area contributed by atoms with E-state index >= 15 is 0 Å². The predicted molar refractivity (Wildman–Crippen MR) is 105 cm³/mol. The topological polar surface area (TPSA) is 16.1 Å². The van der Waals surface area contributed by atoms with Crippen molar-refractivity contribution in [1.29, 1.82) is 0 Å². The molecule has 0 bridgehead atoms. The molecule has 1 fully saturated rings. The molecular formula is C20H20BrClN2. The first-order valence-corrected chi connectivity index (χ1v) is 9.61. The number of benzene rings is 1. The second kappa shape index (κ2) is 6.62. The van der Waals surface area contributed by atoms with Gasteiger partial charge in [0.15, 0.2) is 0 Å². The zero-order chi connectivity index (χ0) is 16.7. The molecule has 2 aromatic rings. The highest BCUT2D eigenvalue weighted by molar-refractivity contribution is 9.15. The van der Waals surface area contributed by atoms with Gasteiger partial charge in [0.1, 0.15) is 0 Å². The molecule has 0 amide bonds. The second-order valence-electron chi connectivity index (χ2n) is 6.82. The monoisotopic (exact) mass is 402 g/mol. The number of halogens is 2. The van der Waals surface area contributed by atoms with Gasteiger partial charge in [-0.2, -0.15) is 0 Å². The van der Waals surface area contributed by atoms with Crippen molar-refractivity contribution in [1.82, 2.24) is 9.88 Å². The van der Waals surface area contributed by atoms with Crippen LogP contribution in [-0.2, 0) is 0 Å². The maximum atomic E-state index is 6.27. The summed E-state index contributed by atoms with van der Waals surface area (Å²) in [7, 11) is 2.21. The third-order valence-corrected chi connectivity index (χ3v) is 6.18. The van der Waals surface area contributed by atoms with Crippen molar-refractivity contribution in [2.45, 2.75) is 18.8 Å². The number of hydrogen-bond donors (Lipinski definition) is 0. The Balaban J connectivity index is 1.88. The summed E-state index contributed by atoms with van der Waals surface area (Å²) in [4.78, 5) is 7.23. The van der Waals surface area contributed by atoms with E-state index in [1.807, 2.05) is 18.3 Å². The van der Waals surface area contributed by atoms with Crippen LogP contribution >= 0.6 is 27.5 Å². The minimum atomic E-state index is 0.327. The van der Waals surface area contributed by atoms with E-state index < -0.39 is 0 Å². The van der Waals surface area contributed by atoms with E-state index in [1.165, 1.54) is 35.2 Å². The molecule has 1 aliphatic carbocycles. The number of nitrogens with zero attached hydrogens (tertiary/aromatic N) is 2. The van der Waals surface area contributed by atoms with Crippen LogP contribution in [0.5, 0.6) is 0 Å². The third kappa shape index (κ3) is 2.94. The molecule has 2 aliphatic rings. The first kappa shape index (κ1) is 16.3. The van der Waals surface area contributed by atoms with Crippen LogP contribution in [-0.4, -0.2) is 30.0 Å². The van der Waals surface area contributed by atoms with Crippen LogP contribution in [0.25, 0.3) is 10.6 Å². The lowest BCUT2D eigenvalue weighted by atomic mass is 9.76. The molecule has 1 unspecified atom stereocenters. The third-order valence-electron chi connectivity index (χ3n) is 5.29. The summed E-state index contributed by atoms with van der Waals surface area (Å²) in [6.07, 6.45) is 6.52. The Hall–Kier alpha value is -1.16. The Labute approximate surface area is 156 Å². The number of hydrogen-bond acceptors (Lipinski definition) is 2. The fourth-order valence-corrected chi connectivity index (χ4v) is 4.78. The van der Waals surface area contributed by atoms with Crippen molar-refractivity contribution < 1.29 is 0 Å². The van der Waals surface area contributed by atoms with Crippen LogP contribution in [0.4, 0.5) is 0 Å². The molecule has 1 atom stereocenters. The van der Waals surface area contributed by atoms with Gasteiger partial charge in [-0.3, -0.25) is 4.98 Å². The SMILES string of the molecule is CN1CCC(C2c3ccc(Cl)cc3C=C(Br)c3cccnc32)CC1. The molecule has 1 aromatic carbocycles. The van der Waals surface area contributed by atoms with Crippen LogP contribution in [0.1, 0.15) is 41.1 Å². The molecule has 0 spiro atoms. The van der Waals surface area contributed by atoms with E-state index in [1.54, 1.807) is 0 Å². The summed E-state index contributed by atoms with van der Waals surface area (Å²) < 4.78 is 1.09. The predicted octanol–water partition coefficient (Wildman–Crippen LogP) is 5.42. The minimum Gasteiger partial charge on any atom is -0.306 e. The Bertz CT molecular complexity index is 794. The highest BCUT2D eigenvalue weighted by Gasteiger charge is 2.33. The quantitative estimate of drug-likeness (QED) is 0.632. The molecule has 2 heterocycles. The molecule has 1 aliphatic heterocycles. The Morgan fingerprint density at radius 1 is 1.21 bits per heavy atom. The molecule has 4 heteroatoms. The summed E-state index contributed by atoms with van der Waals surface area (Å²) in [6, 6.07) is 10.5. The molecule has 124 valence electrons. The zero-order valence-electron chi connectivity index (χ0n) is 13.7. The van der Waals surface area contributed by atoms with Crippen LogP contribution in [0, 0.1) is 5.92 Å². The molecule has 4 rings (SSSR count). The van der Waals surface area contributed by atoms with Crippen molar-refractivity contribution in [2.75, 3.05) is 20.1 Å². The van der Waals surface area contributed by atoms with Crippen molar-refractivity contribution in [3.8, 4) is 0 Å². The molecule has 2 nitrogen and oxygen atoms in total. The lowest BCUT2D eigenvalue weighted by molar-refractivity contribution is 0.206. The summed E-state index contributed by atoms with van der Waals surface area (Å²) in [6.45, 7) is 2.31. The van der Waals surface area contributed by atoms with E-state index in [4.69, 9.17) is 16.6 Å². The van der Waals surface area contributed by atoms with Gasteiger partial charge < -0.3 is 4.90 Å². The highest BCUT2D eigenvalue weighted by Crippen LogP contribution is 2.45. The lowest BCUT2D eigenvalue weighted by Gasteiger charge is -2.35. The van der Waals surface area contributed by atoms with E-state index in [9.17, 15) is 0 Å². The highest BCUT2D eigenvalue weighted by atomic mass is 79.9. The van der Waals surface area contributed by atoms with Gasteiger partial charge in [-0.15, -0.1) is 0 Å². The van der Waals surface area contributed by atoms with E-state index in [0.29, 0.717) is 11.8 Å². The van der Waals surface area contributed by atoms with Crippen molar-refractivity contribution in [3.63, 3.8) is 0 Å². The molecule has 0 radical (unpaired) electrons. The smallest absolute Gasteiger partial charge is 0.0564 e. The van der Waals surface area contributed by atoms with Crippen LogP contribution in [0.2, 0.25) is 5.02 Å². The molecule has 0 N–H and O–H groups in total. The molecule has 1 saturated heterocycles. The Morgan fingerprint density at radius 2 is 2.00 bits per heavy atom. The fourth-order valence-electron chi connectivity index (χ4n) is 4.02. The Morgan fingerprint density at radius 3 is 2.79 bits per heavy atom. The van der Waals surface area contributed by atoms with Crippen LogP contribution in [0.3, 0.4) is 0 Å². The molecular weight excluding hydrogens is 384 g/mol. The fraction of sp³-hybridized carbons (Fsp3) is 0.350.